The summed E-state index contributed by atoms with van der Waals surface area (Å²) in [7, 11) is -0.459. The highest BCUT2D eigenvalue weighted by molar-refractivity contribution is 7.80. The topological polar surface area (TPSA) is 70.9 Å². The number of nitriles is 1. The first kappa shape index (κ1) is 15.2. The highest BCUT2D eigenvalue weighted by Crippen LogP contribution is 2.39. The third-order valence-corrected chi connectivity index (χ3v) is 4.23. The number of H-pyrrole nitrogens is 1. The smallest absolute Gasteiger partial charge is 0.400 e. The van der Waals surface area contributed by atoms with Gasteiger partial charge in [0.05, 0.1) is 17.4 Å². The molecule has 1 aliphatic rings. The van der Waals surface area contributed by atoms with Crippen LogP contribution in [-0.2, 0) is 9.31 Å². The lowest BCUT2D eigenvalue weighted by atomic mass is 9.78. The van der Waals surface area contributed by atoms with E-state index >= 15 is 0 Å². The third kappa shape index (κ3) is 2.64. The van der Waals surface area contributed by atoms with Crippen molar-refractivity contribution in [3.8, 4) is 6.07 Å². The molecule has 1 aliphatic heterocycles. The summed E-state index contributed by atoms with van der Waals surface area (Å²) in [4.78, 5) is 0. The van der Waals surface area contributed by atoms with Gasteiger partial charge in [0.1, 0.15) is 11.8 Å². The molecular formula is C13H18BN3O2S. The number of nitrogens with one attached hydrogen (secondary N) is 1. The van der Waals surface area contributed by atoms with Crippen LogP contribution < -0.4 is 0 Å². The first-order chi connectivity index (χ1) is 9.30. The van der Waals surface area contributed by atoms with Crippen LogP contribution in [0.5, 0.6) is 0 Å². The van der Waals surface area contributed by atoms with Crippen LogP contribution in [-0.4, -0.2) is 34.3 Å². The van der Waals surface area contributed by atoms with Crippen LogP contribution in [0.2, 0.25) is 0 Å². The molecule has 0 amide bonds. The summed E-state index contributed by atoms with van der Waals surface area (Å²) in [6.07, 6.45) is 3.45. The van der Waals surface area contributed by atoms with Gasteiger partial charge in [0.25, 0.3) is 0 Å². The first-order valence-corrected chi connectivity index (χ1v) is 7.04. The third-order valence-electron chi connectivity index (χ3n) is 3.86. The van der Waals surface area contributed by atoms with Crippen LogP contribution in [0.15, 0.2) is 11.7 Å². The summed E-state index contributed by atoms with van der Waals surface area (Å²) < 4.78 is 12.0. The summed E-state index contributed by atoms with van der Waals surface area (Å²) in [5.74, 6) is 0.479. The van der Waals surface area contributed by atoms with Gasteiger partial charge < -0.3 is 9.31 Å². The van der Waals surface area contributed by atoms with E-state index in [-0.39, 0.29) is 0 Å². The van der Waals surface area contributed by atoms with Crippen LogP contribution in [0.4, 0.5) is 0 Å². The van der Waals surface area contributed by atoms with Crippen LogP contribution in [0.1, 0.15) is 39.0 Å². The number of aromatic nitrogens is 2. The maximum atomic E-state index is 8.99. The minimum Gasteiger partial charge on any atom is -0.400 e. The number of hydrogen-bond acceptors (Lipinski definition) is 5. The fourth-order valence-electron chi connectivity index (χ4n) is 1.88. The lowest BCUT2D eigenvalue weighted by Gasteiger charge is -2.32. The predicted molar refractivity (Wildman–Crippen MR) is 81.2 cm³/mol. The van der Waals surface area contributed by atoms with Gasteiger partial charge >= 0.3 is 7.12 Å². The standard InChI is InChI=1S/C13H18BN3O2S/c1-12(2)13(3,4)19-14(18-12)10(8-20)5-9-7-16-17-11(9)6-15/h5,7,20H,8H2,1-4H3,(H,16,17). The Labute approximate surface area is 124 Å². The van der Waals surface area contributed by atoms with Crippen LogP contribution in [0, 0.1) is 11.3 Å². The van der Waals surface area contributed by atoms with Gasteiger partial charge in [-0.05, 0) is 33.2 Å². The van der Waals surface area contributed by atoms with Crippen molar-refractivity contribution in [2.45, 2.75) is 38.9 Å². The molecule has 0 aromatic carbocycles. The zero-order chi connectivity index (χ0) is 15.0. The minimum absolute atomic E-state index is 0.395. The molecule has 5 nitrogen and oxygen atoms in total. The Balaban J connectivity index is 2.29. The number of hydrogen-bond donors (Lipinski definition) is 2. The van der Waals surface area contributed by atoms with E-state index in [0.29, 0.717) is 17.0 Å². The van der Waals surface area contributed by atoms with Gasteiger partial charge in [0, 0.05) is 11.3 Å². The van der Waals surface area contributed by atoms with E-state index < -0.39 is 18.3 Å². The van der Waals surface area contributed by atoms with E-state index in [1.54, 1.807) is 6.20 Å². The Hall–Kier alpha value is -1.23. The maximum absolute atomic E-state index is 8.99. The van der Waals surface area contributed by atoms with Crippen molar-refractivity contribution < 1.29 is 9.31 Å². The van der Waals surface area contributed by atoms with E-state index in [1.165, 1.54) is 0 Å². The van der Waals surface area contributed by atoms with Gasteiger partial charge in [-0.3, -0.25) is 5.10 Å². The number of rotatable bonds is 3. The molecule has 2 heterocycles. The van der Waals surface area contributed by atoms with Crippen molar-refractivity contribution in [3.63, 3.8) is 0 Å². The van der Waals surface area contributed by atoms with Gasteiger partial charge in [-0.1, -0.05) is 6.08 Å². The van der Waals surface area contributed by atoms with Gasteiger partial charge in [-0.2, -0.15) is 23.0 Å². The highest BCUT2D eigenvalue weighted by Gasteiger charge is 2.52. The first-order valence-electron chi connectivity index (χ1n) is 6.41. The Bertz CT molecular complexity index is 558. The average molecular weight is 291 g/mol. The van der Waals surface area contributed by atoms with Crippen molar-refractivity contribution >= 4 is 25.8 Å². The lowest BCUT2D eigenvalue weighted by molar-refractivity contribution is 0.00578. The molecule has 1 aromatic rings. The molecule has 0 atom stereocenters. The van der Waals surface area contributed by atoms with Gasteiger partial charge in [-0.15, -0.1) is 0 Å². The molecule has 106 valence electrons. The average Bonchev–Trinajstić information content (AvgIpc) is 2.88. The fourth-order valence-corrected chi connectivity index (χ4v) is 2.12. The molecule has 0 saturated carbocycles. The van der Waals surface area contributed by atoms with Crippen molar-refractivity contribution in [2.75, 3.05) is 5.75 Å². The molecule has 1 saturated heterocycles. The Morgan fingerprint density at radius 2 is 2.05 bits per heavy atom. The van der Waals surface area contributed by atoms with Crippen LogP contribution in [0.25, 0.3) is 6.08 Å². The number of nitrogens with zero attached hydrogens (tertiary/aromatic N) is 2. The summed E-state index contributed by atoms with van der Waals surface area (Å²) in [6, 6.07) is 2.06. The van der Waals surface area contributed by atoms with Gasteiger partial charge in [0.2, 0.25) is 0 Å². The molecule has 2 rings (SSSR count). The lowest BCUT2D eigenvalue weighted by Crippen LogP contribution is -2.41. The van der Waals surface area contributed by atoms with E-state index in [4.69, 9.17) is 14.6 Å². The highest BCUT2D eigenvalue weighted by atomic mass is 32.1. The molecule has 1 aromatic heterocycles. The van der Waals surface area contributed by atoms with Crippen molar-refractivity contribution in [1.29, 1.82) is 5.26 Å². The fraction of sp³-hybridized carbons (Fsp3) is 0.538. The molecule has 1 N–H and O–H groups in total. The van der Waals surface area contributed by atoms with Crippen LogP contribution >= 0.6 is 12.6 Å². The monoisotopic (exact) mass is 291 g/mol. The SMILES string of the molecule is CC1(C)OB(C(=Cc2cn[nH]c2C#N)CS)OC1(C)C. The van der Waals surface area contributed by atoms with E-state index in [1.807, 2.05) is 33.8 Å². The van der Waals surface area contributed by atoms with Crippen molar-refractivity contribution in [1.82, 2.24) is 10.2 Å². The summed E-state index contributed by atoms with van der Waals surface area (Å²) >= 11 is 4.34. The predicted octanol–water partition coefficient (Wildman–Crippen LogP) is 2.23. The maximum Gasteiger partial charge on any atom is 0.491 e. The minimum atomic E-state index is -0.459. The molecule has 20 heavy (non-hydrogen) atoms. The van der Waals surface area contributed by atoms with Crippen molar-refractivity contribution in [3.05, 3.63) is 22.9 Å². The van der Waals surface area contributed by atoms with Crippen LogP contribution in [0.3, 0.4) is 0 Å². The van der Waals surface area contributed by atoms with E-state index in [0.717, 1.165) is 5.47 Å². The van der Waals surface area contributed by atoms with Gasteiger partial charge in [0.15, 0.2) is 0 Å². The summed E-state index contributed by atoms with van der Waals surface area (Å²) in [6.45, 7) is 8.01. The Morgan fingerprint density at radius 1 is 1.45 bits per heavy atom. The summed E-state index contributed by atoms with van der Waals surface area (Å²) in [5, 5.41) is 15.5. The molecule has 0 unspecified atom stereocenters. The molecule has 0 radical (unpaired) electrons. The van der Waals surface area contributed by atoms with E-state index in [2.05, 4.69) is 28.9 Å². The largest absolute Gasteiger partial charge is 0.491 e. The molecular weight excluding hydrogens is 273 g/mol. The number of thiol groups is 1. The molecule has 7 heteroatoms. The second kappa shape index (κ2) is 5.28. The number of aromatic amines is 1. The molecule has 0 spiro atoms. The second-order valence-corrected chi connectivity index (χ2v) is 6.09. The van der Waals surface area contributed by atoms with Crippen molar-refractivity contribution in [2.24, 2.45) is 0 Å². The Kier molecular flexibility index (Phi) is 4.01. The molecule has 0 aliphatic carbocycles. The zero-order valence-corrected chi connectivity index (χ0v) is 13.0. The zero-order valence-electron chi connectivity index (χ0n) is 12.1. The molecule has 0 bridgehead atoms. The van der Waals surface area contributed by atoms with Gasteiger partial charge in [-0.25, -0.2) is 0 Å². The quantitative estimate of drug-likeness (QED) is 0.661. The second-order valence-electron chi connectivity index (χ2n) is 5.78. The van der Waals surface area contributed by atoms with E-state index in [9.17, 15) is 0 Å². The normalized spacial score (nSPS) is 21.0. The Morgan fingerprint density at radius 3 is 2.55 bits per heavy atom. The summed E-state index contributed by atoms with van der Waals surface area (Å²) in [5.41, 5.74) is 1.21. The molecule has 1 fully saturated rings.